The lowest BCUT2D eigenvalue weighted by molar-refractivity contribution is -0.384. The van der Waals surface area contributed by atoms with Gasteiger partial charge in [0.2, 0.25) is 5.85 Å². The van der Waals surface area contributed by atoms with Crippen molar-refractivity contribution in [3.05, 3.63) is 69.8 Å². The van der Waals surface area contributed by atoms with Crippen molar-refractivity contribution in [2.75, 3.05) is 13.2 Å². The molecule has 158 valence electrons. The average Bonchev–Trinajstić information content (AvgIpc) is 2.67. The van der Waals surface area contributed by atoms with Crippen molar-refractivity contribution in [2.24, 2.45) is 0 Å². The predicted molar refractivity (Wildman–Crippen MR) is 106 cm³/mol. The Labute approximate surface area is 169 Å². The van der Waals surface area contributed by atoms with Gasteiger partial charge in [0.1, 0.15) is 0 Å². The van der Waals surface area contributed by atoms with Crippen molar-refractivity contribution in [1.29, 1.82) is 0 Å². The van der Waals surface area contributed by atoms with E-state index in [1.165, 1.54) is 30.3 Å². The minimum Gasteiger partial charge on any atom is -0.307 e. The quantitative estimate of drug-likeness (QED) is 0.226. The number of nitro groups is 1. The molecule has 2 rings (SSSR count). The number of nitro benzene ring substituents is 1. The van der Waals surface area contributed by atoms with E-state index in [1.54, 1.807) is 32.9 Å². The third-order valence-electron chi connectivity index (χ3n) is 3.80. The molecule has 2 aromatic rings. The van der Waals surface area contributed by atoms with Crippen LogP contribution in [0.2, 0.25) is 0 Å². The molecular formula is C18H22NO8PS. The van der Waals surface area contributed by atoms with Crippen LogP contribution in [-0.2, 0) is 27.9 Å². The molecule has 0 heterocycles. The molecule has 0 amide bonds. The highest BCUT2D eigenvalue weighted by molar-refractivity contribution is 7.87. The van der Waals surface area contributed by atoms with Crippen LogP contribution >= 0.6 is 7.60 Å². The summed E-state index contributed by atoms with van der Waals surface area (Å²) >= 11 is 0. The van der Waals surface area contributed by atoms with Gasteiger partial charge in [-0.2, -0.15) is 8.42 Å². The fourth-order valence-corrected chi connectivity index (χ4v) is 5.78. The number of nitrogens with zero attached hydrogens (tertiary/aromatic N) is 1. The van der Waals surface area contributed by atoms with E-state index in [0.29, 0.717) is 0 Å². The molecule has 9 nitrogen and oxygen atoms in total. The second-order valence-corrected chi connectivity index (χ2v) is 9.58. The fourth-order valence-electron chi connectivity index (χ4n) is 2.50. The highest BCUT2D eigenvalue weighted by Gasteiger charge is 2.42. The Kier molecular flexibility index (Phi) is 7.67. The summed E-state index contributed by atoms with van der Waals surface area (Å²) in [6.45, 7) is 4.82. The van der Waals surface area contributed by atoms with Crippen LogP contribution in [-0.4, -0.2) is 26.6 Å². The molecule has 0 aromatic heterocycles. The van der Waals surface area contributed by atoms with Gasteiger partial charge in [0.15, 0.2) is 0 Å². The van der Waals surface area contributed by atoms with E-state index >= 15 is 0 Å². The van der Waals surface area contributed by atoms with Gasteiger partial charge in [-0.3, -0.25) is 14.7 Å². The molecular weight excluding hydrogens is 421 g/mol. The SMILES string of the molecule is CCOP(=O)(OCC)C(OS(=O)(=O)c1ccc(C)cc1)c1cccc([N+](=O)[O-])c1. The number of aryl methyl sites for hydroxylation is 1. The van der Waals surface area contributed by atoms with E-state index in [9.17, 15) is 23.1 Å². The molecule has 0 aliphatic rings. The Morgan fingerprint density at radius 1 is 1.07 bits per heavy atom. The maximum Gasteiger partial charge on any atom is 0.365 e. The standard InChI is InChI=1S/C18H22NO8PS/c1-4-25-28(22,26-5-2)18(15-7-6-8-16(13-15)19(20)21)27-29(23,24)17-11-9-14(3)10-12-17/h6-13,18H,4-5H2,1-3H3. The first-order valence-electron chi connectivity index (χ1n) is 8.76. The van der Waals surface area contributed by atoms with Crippen LogP contribution in [0.3, 0.4) is 0 Å². The number of hydrogen-bond donors (Lipinski definition) is 0. The summed E-state index contributed by atoms with van der Waals surface area (Å²) in [6.07, 6.45) is 0. The molecule has 29 heavy (non-hydrogen) atoms. The summed E-state index contributed by atoms with van der Waals surface area (Å²) in [4.78, 5) is 10.3. The van der Waals surface area contributed by atoms with Gasteiger partial charge in [-0.05, 0) is 32.9 Å². The average molecular weight is 443 g/mol. The Balaban J connectivity index is 2.57. The molecule has 0 N–H and O–H groups in total. The summed E-state index contributed by atoms with van der Waals surface area (Å²) < 4.78 is 54.8. The third-order valence-corrected chi connectivity index (χ3v) is 7.45. The minimum absolute atomic E-state index is 0.0138. The molecule has 11 heteroatoms. The Morgan fingerprint density at radius 2 is 1.66 bits per heavy atom. The van der Waals surface area contributed by atoms with E-state index in [-0.39, 0.29) is 29.4 Å². The van der Waals surface area contributed by atoms with Crippen LogP contribution < -0.4 is 0 Å². The van der Waals surface area contributed by atoms with Crippen LogP contribution in [0.5, 0.6) is 0 Å². The van der Waals surface area contributed by atoms with Crippen molar-refractivity contribution < 1.29 is 31.1 Å². The van der Waals surface area contributed by atoms with Crippen molar-refractivity contribution in [2.45, 2.75) is 31.5 Å². The molecule has 0 fully saturated rings. The lowest BCUT2D eigenvalue weighted by Crippen LogP contribution is -2.16. The van der Waals surface area contributed by atoms with E-state index < -0.39 is 28.5 Å². The lowest BCUT2D eigenvalue weighted by atomic mass is 10.2. The highest BCUT2D eigenvalue weighted by atomic mass is 32.2. The molecule has 0 saturated carbocycles. The Hall–Kier alpha value is -2.10. The predicted octanol–water partition coefficient (Wildman–Crippen LogP) is 4.57. The van der Waals surface area contributed by atoms with Gasteiger partial charge in [-0.15, -0.1) is 0 Å². The summed E-state index contributed by atoms with van der Waals surface area (Å²) in [7, 11) is -8.53. The molecule has 0 aliphatic heterocycles. The van der Waals surface area contributed by atoms with Crippen molar-refractivity contribution >= 4 is 23.4 Å². The summed E-state index contributed by atoms with van der Waals surface area (Å²) in [5.74, 6) is -1.71. The first-order valence-corrected chi connectivity index (χ1v) is 11.8. The largest absolute Gasteiger partial charge is 0.365 e. The van der Waals surface area contributed by atoms with Gasteiger partial charge in [0.25, 0.3) is 15.8 Å². The zero-order chi connectivity index (χ0) is 21.7. The maximum atomic E-state index is 13.4. The molecule has 0 spiro atoms. The van der Waals surface area contributed by atoms with Gasteiger partial charge in [0, 0.05) is 17.7 Å². The zero-order valence-corrected chi connectivity index (χ0v) is 17.9. The minimum atomic E-state index is -4.38. The van der Waals surface area contributed by atoms with Crippen molar-refractivity contribution in [3.8, 4) is 0 Å². The van der Waals surface area contributed by atoms with Crippen LogP contribution in [0.25, 0.3) is 0 Å². The molecule has 1 unspecified atom stereocenters. The normalized spacial score (nSPS) is 13.2. The van der Waals surface area contributed by atoms with Gasteiger partial charge >= 0.3 is 7.60 Å². The van der Waals surface area contributed by atoms with Gasteiger partial charge in [0.05, 0.1) is 23.0 Å². The zero-order valence-electron chi connectivity index (χ0n) is 16.2. The number of benzene rings is 2. The van der Waals surface area contributed by atoms with Crippen LogP contribution in [0, 0.1) is 17.0 Å². The number of non-ortho nitro benzene ring substituents is 1. The first kappa shape index (κ1) is 23.2. The third kappa shape index (κ3) is 5.71. The highest BCUT2D eigenvalue weighted by Crippen LogP contribution is 2.62. The second-order valence-electron chi connectivity index (χ2n) is 5.94. The van der Waals surface area contributed by atoms with Crippen LogP contribution in [0.4, 0.5) is 5.69 Å². The van der Waals surface area contributed by atoms with Gasteiger partial charge in [-0.1, -0.05) is 29.8 Å². The molecule has 0 bridgehead atoms. The van der Waals surface area contributed by atoms with Crippen molar-refractivity contribution in [1.82, 2.24) is 0 Å². The van der Waals surface area contributed by atoms with E-state index in [1.807, 2.05) is 0 Å². The van der Waals surface area contributed by atoms with Gasteiger partial charge < -0.3 is 9.05 Å². The fraction of sp³-hybridized carbons (Fsp3) is 0.333. The second kappa shape index (κ2) is 9.60. The van der Waals surface area contributed by atoms with Crippen molar-refractivity contribution in [3.63, 3.8) is 0 Å². The number of rotatable bonds is 10. The number of hydrogen-bond acceptors (Lipinski definition) is 8. The molecule has 2 aromatic carbocycles. The molecule has 1 atom stereocenters. The maximum absolute atomic E-state index is 13.4. The van der Waals surface area contributed by atoms with E-state index in [2.05, 4.69) is 0 Å². The molecule has 0 radical (unpaired) electrons. The smallest absolute Gasteiger partial charge is 0.307 e. The van der Waals surface area contributed by atoms with Crippen LogP contribution in [0.1, 0.15) is 30.8 Å². The first-order chi connectivity index (χ1) is 13.6. The monoisotopic (exact) mass is 443 g/mol. The summed E-state index contributed by atoms with van der Waals surface area (Å²) in [6, 6.07) is 10.9. The Morgan fingerprint density at radius 3 is 2.17 bits per heavy atom. The van der Waals surface area contributed by atoms with E-state index in [0.717, 1.165) is 11.6 Å². The Bertz CT molecular complexity index is 997. The topological polar surface area (TPSA) is 122 Å². The van der Waals surface area contributed by atoms with Gasteiger partial charge in [-0.25, -0.2) is 4.18 Å². The molecule has 0 saturated heterocycles. The van der Waals surface area contributed by atoms with E-state index in [4.69, 9.17) is 13.2 Å². The molecule has 0 aliphatic carbocycles. The van der Waals surface area contributed by atoms with Crippen LogP contribution in [0.15, 0.2) is 53.4 Å². The summed E-state index contributed by atoms with van der Waals surface area (Å²) in [5, 5.41) is 11.1. The lowest BCUT2D eigenvalue weighted by Gasteiger charge is -2.26. The summed E-state index contributed by atoms with van der Waals surface area (Å²) in [5.41, 5.74) is 0.511.